The number of hydrogen-bond acceptors (Lipinski definition) is 5. The monoisotopic (exact) mass is 376 g/mol. The molecule has 1 aromatic heterocycles. The topological polar surface area (TPSA) is 59.0 Å². The molecule has 0 aliphatic rings. The van der Waals surface area contributed by atoms with E-state index in [9.17, 15) is 0 Å². The molecule has 26 heavy (non-hydrogen) atoms. The normalized spacial score (nSPS) is 11.5. The molecule has 0 spiro atoms. The molecule has 7 heteroatoms. The Morgan fingerprint density at radius 2 is 1.96 bits per heavy atom. The SMILES string of the molecule is CN=C(NCc1csc(C(C)C)n1)N(C)CCOc1ccc(OC)cc1. The van der Waals surface area contributed by atoms with Crippen LogP contribution < -0.4 is 14.8 Å². The van der Waals surface area contributed by atoms with Gasteiger partial charge in [-0.15, -0.1) is 11.3 Å². The van der Waals surface area contributed by atoms with E-state index in [2.05, 4.69) is 34.5 Å². The van der Waals surface area contributed by atoms with Crippen LogP contribution in [-0.4, -0.2) is 50.2 Å². The maximum Gasteiger partial charge on any atom is 0.193 e. The van der Waals surface area contributed by atoms with Crippen LogP contribution in [0.4, 0.5) is 0 Å². The van der Waals surface area contributed by atoms with E-state index in [-0.39, 0.29) is 0 Å². The van der Waals surface area contributed by atoms with Crippen molar-refractivity contribution in [3.05, 3.63) is 40.3 Å². The van der Waals surface area contributed by atoms with E-state index in [0.717, 1.165) is 34.7 Å². The summed E-state index contributed by atoms with van der Waals surface area (Å²) in [5.41, 5.74) is 1.04. The van der Waals surface area contributed by atoms with Gasteiger partial charge in [0.25, 0.3) is 0 Å². The molecule has 0 aliphatic heterocycles. The Bertz CT molecular complexity index is 698. The third-order valence-electron chi connectivity index (χ3n) is 3.82. The average Bonchev–Trinajstić information content (AvgIpc) is 3.12. The number of benzene rings is 1. The molecule has 0 amide bonds. The predicted octanol–water partition coefficient (Wildman–Crippen LogP) is 3.36. The van der Waals surface area contributed by atoms with Gasteiger partial charge in [-0.1, -0.05) is 13.8 Å². The molecule has 1 heterocycles. The largest absolute Gasteiger partial charge is 0.497 e. The van der Waals surface area contributed by atoms with Crippen molar-refractivity contribution in [1.82, 2.24) is 15.2 Å². The molecule has 0 saturated heterocycles. The highest BCUT2D eigenvalue weighted by molar-refractivity contribution is 7.09. The van der Waals surface area contributed by atoms with Crippen molar-refractivity contribution in [1.29, 1.82) is 0 Å². The lowest BCUT2D eigenvalue weighted by atomic mass is 10.2. The first-order valence-electron chi connectivity index (χ1n) is 8.66. The van der Waals surface area contributed by atoms with Crippen LogP contribution in [0.15, 0.2) is 34.6 Å². The molecular formula is C19H28N4O2S. The van der Waals surface area contributed by atoms with Crippen molar-refractivity contribution in [2.24, 2.45) is 4.99 Å². The van der Waals surface area contributed by atoms with Gasteiger partial charge < -0.3 is 19.7 Å². The van der Waals surface area contributed by atoms with Crippen molar-refractivity contribution >= 4 is 17.3 Å². The Kier molecular flexibility index (Phi) is 7.72. The molecule has 2 rings (SSSR count). The number of guanidine groups is 1. The van der Waals surface area contributed by atoms with Gasteiger partial charge in [-0.3, -0.25) is 4.99 Å². The summed E-state index contributed by atoms with van der Waals surface area (Å²) in [5, 5.41) is 6.61. The van der Waals surface area contributed by atoms with E-state index < -0.39 is 0 Å². The van der Waals surface area contributed by atoms with Gasteiger partial charge in [0, 0.05) is 25.4 Å². The lowest BCUT2D eigenvalue weighted by molar-refractivity contribution is 0.281. The number of rotatable bonds is 8. The van der Waals surface area contributed by atoms with Gasteiger partial charge >= 0.3 is 0 Å². The van der Waals surface area contributed by atoms with Gasteiger partial charge in [-0.25, -0.2) is 4.98 Å². The van der Waals surface area contributed by atoms with Gasteiger partial charge in [0.2, 0.25) is 0 Å². The van der Waals surface area contributed by atoms with E-state index in [1.807, 2.05) is 36.2 Å². The van der Waals surface area contributed by atoms with E-state index in [1.165, 1.54) is 0 Å². The van der Waals surface area contributed by atoms with Crippen LogP contribution >= 0.6 is 11.3 Å². The number of ether oxygens (including phenoxy) is 2. The third kappa shape index (κ3) is 5.91. The first-order chi connectivity index (χ1) is 12.5. The minimum Gasteiger partial charge on any atom is -0.497 e. The summed E-state index contributed by atoms with van der Waals surface area (Å²) in [6.45, 7) is 6.27. The molecule has 0 bridgehead atoms. The van der Waals surface area contributed by atoms with Crippen LogP contribution in [0.25, 0.3) is 0 Å². The van der Waals surface area contributed by atoms with E-state index in [0.29, 0.717) is 19.1 Å². The highest BCUT2D eigenvalue weighted by Crippen LogP contribution is 2.19. The van der Waals surface area contributed by atoms with Crippen molar-refractivity contribution in [3.63, 3.8) is 0 Å². The molecule has 2 aromatic rings. The predicted molar refractivity (Wildman–Crippen MR) is 108 cm³/mol. The van der Waals surface area contributed by atoms with E-state index >= 15 is 0 Å². The van der Waals surface area contributed by atoms with Gasteiger partial charge in [0.15, 0.2) is 5.96 Å². The Morgan fingerprint density at radius 3 is 2.54 bits per heavy atom. The second-order valence-corrected chi connectivity index (χ2v) is 7.07. The maximum atomic E-state index is 5.77. The minimum absolute atomic E-state index is 0.464. The number of nitrogens with zero attached hydrogens (tertiary/aromatic N) is 3. The minimum atomic E-state index is 0.464. The van der Waals surface area contributed by atoms with Crippen LogP contribution in [0, 0.1) is 0 Å². The Hall–Kier alpha value is -2.28. The highest BCUT2D eigenvalue weighted by atomic mass is 32.1. The Labute approximate surface area is 159 Å². The molecular weight excluding hydrogens is 348 g/mol. The van der Waals surface area contributed by atoms with Gasteiger partial charge in [0.05, 0.1) is 30.9 Å². The van der Waals surface area contributed by atoms with Gasteiger partial charge in [-0.05, 0) is 24.3 Å². The third-order valence-corrected chi connectivity index (χ3v) is 5.01. The van der Waals surface area contributed by atoms with E-state index in [1.54, 1.807) is 25.5 Å². The number of thiazole rings is 1. The molecule has 6 nitrogen and oxygen atoms in total. The number of likely N-dealkylation sites (N-methyl/N-ethyl adjacent to an activating group) is 1. The fourth-order valence-corrected chi connectivity index (χ4v) is 3.14. The zero-order valence-electron chi connectivity index (χ0n) is 16.2. The van der Waals surface area contributed by atoms with Crippen LogP contribution in [0.2, 0.25) is 0 Å². The second kappa shape index (κ2) is 10.0. The summed E-state index contributed by atoms with van der Waals surface area (Å²) in [5.74, 6) is 2.93. The fraction of sp³-hybridized carbons (Fsp3) is 0.474. The lowest BCUT2D eigenvalue weighted by Crippen LogP contribution is -2.40. The summed E-state index contributed by atoms with van der Waals surface area (Å²) >= 11 is 1.71. The van der Waals surface area contributed by atoms with Crippen LogP contribution in [-0.2, 0) is 6.54 Å². The highest BCUT2D eigenvalue weighted by Gasteiger charge is 2.09. The summed E-state index contributed by atoms with van der Waals surface area (Å²) in [7, 11) is 5.43. The maximum absolute atomic E-state index is 5.77. The first kappa shape index (κ1) is 20.0. The first-order valence-corrected chi connectivity index (χ1v) is 9.54. The molecule has 142 valence electrons. The van der Waals surface area contributed by atoms with Crippen LogP contribution in [0.3, 0.4) is 0 Å². The Balaban J connectivity index is 1.77. The molecule has 0 atom stereocenters. The van der Waals surface area contributed by atoms with E-state index in [4.69, 9.17) is 9.47 Å². The zero-order chi connectivity index (χ0) is 18.9. The van der Waals surface area contributed by atoms with Gasteiger partial charge in [-0.2, -0.15) is 0 Å². The van der Waals surface area contributed by atoms with Crippen molar-refractivity contribution in [2.45, 2.75) is 26.3 Å². The number of methoxy groups -OCH3 is 1. The molecule has 0 saturated carbocycles. The smallest absolute Gasteiger partial charge is 0.193 e. The quantitative estimate of drug-likeness (QED) is 0.565. The second-order valence-electron chi connectivity index (χ2n) is 6.18. The molecule has 0 unspecified atom stereocenters. The zero-order valence-corrected chi connectivity index (χ0v) is 17.0. The van der Waals surface area contributed by atoms with Crippen molar-refractivity contribution < 1.29 is 9.47 Å². The van der Waals surface area contributed by atoms with Crippen molar-refractivity contribution in [3.8, 4) is 11.5 Å². The summed E-state index contributed by atoms with van der Waals surface area (Å²) in [4.78, 5) is 11.0. The summed E-state index contributed by atoms with van der Waals surface area (Å²) in [6.07, 6.45) is 0. The van der Waals surface area contributed by atoms with Crippen LogP contribution in [0.5, 0.6) is 11.5 Å². The number of aliphatic imine (C=N–C) groups is 1. The molecule has 1 N–H and O–H groups in total. The number of aromatic nitrogens is 1. The summed E-state index contributed by atoms with van der Waals surface area (Å²) < 4.78 is 10.9. The lowest BCUT2D eigenvalue weighted by Gasteiger charge is -2.21. The fourth-order valence-electron chi connectivity index (χ4n) is 2.30. The molecule has 0 radical (unpaired) electrons. The standard InChI is InChI=1S/C19H28N4O2S/c1-14(2)18-22-15(13-26-18)12-21-19(20-3)23(4)10-11-25-17-8-6-16(24-5)7-9-17/h6-9,13-14H,10-12H2,1-5H3,(H,20,21). The van der Waals surface area contributed by atoms with Crippen molar-refractivity contribution in [2.75, 3.05) is 34.4 Å². The van der Waals surface area contributed by atoms with Crippen LogP contribution in [0.1, 0.15) is 30.5 Å². The Morgan fingerprint density at radius 1 is 1.27 bits per heavy atom. The number of hydrogen-bond donors (Lipinski definition) is 1. The molecule has 0 aliphatic carbocycles. The average molecular weight is 377 g/mol. The number of nitrogens with one attached hydrogen (secondary N) is 1. The molecule has 0 fully saturated rings. The molecule has 1 aromatic carbocycles. The van der Waals surface area contributed by atoms with Gasteiger partial charge in [0.1, 0.15) is 18.1 Å². The summed E-state index contributed by atoms with van der Waals surface area (Å²) in [6, 6.07) is 7.58.